The Labute approximate surface area is 159 Å². The molecular formula is C18H15ClFN5O2. The molecule has 0 aliphatic carbocycles. The Hall–Kier alpha value is -3.26. The van der Waals surface area contributed by atoms with E-state index in [0.717, 1.165) is 6.07 Å². The van der Waals surface area contributed by atoms with E-state index in [1.165, 1.54) is 17.7 Å². The molecule has 2 amide bonds. The molecule has 0 radical (unpaired) electrons. The third kappa shape index (κ3) is 3.80. The van der Waals surface area contributed by atoms with Crippen LogP contribution in [0.5, 0.6) is 0 Å². The predicted molar refractivity (Wildman–Crippen MR) is 98.7 cm³/mol. The molecule has 0 bridgehead atoms. The average molecular weight is 388 g/mol. The van der Waals surface area contributed by atoms with Gasteiger partial charge in [-0.3, -0.25) is 9.59 Å². The van der Waals surface area contributed by atoms with Gasteiger partial charge in [0, 0.05) is 21.8 Å². The minimum Gasteiger partial charge on any atom is -0.366 e. The van der Waals surface area contributed by atoms with Crippen molar-refractivity contribution in [1.82, 2.24) is 14.8 Å². The van der Waals surface area contributed by atoms with Crippen LogP contribution in [0.25, 0.3) is 5.69 Å². The molecule has 0 unspecified atom stereocenters. The Kier molecular flexibility index (Phi) is 4.91. The third-order valence-corrected chi connectivity index (χ3v) is 4.17. The summed E-state index contributed by atoms with van der Waals surface area (Å²) < 4.78 is 15.5. The van der Waals surface area contributed by atoms with E-state index >= 15 is 0 Å². The summed E-state index contributed by atoms with van der Waals surface area (Å²) in [6, 6.07) is 9.19. The number of nitrogens with zero attached hydrogens (tertiary/aromatic N) is 3. The quantitative estimate of drug-likeness (QED) is 0.718. The summed E-state index contributed by atoms with van der Waals surface area (Å²) in [6.45, 7) is 3.16. The SMILES string of the molecule is Cc1c(F)cc(C(N)=O)cc1NC(=O)c1nc(C)n(-c2ccc(Cl)cc2)n1. The molecular weight excluding hydrogens is 373 g/mol. The Morgan fingerprint density at radius 3 is 2.48 bits per heavy atom. The first-order valence-corrected chi connectivity index (χ1v) is 8.25. The number of rotatable bonds is 4. The van der Waals surface area contributed by atoms with Crippen molar-refractivity contribution >= 4 is 29.1 Å². The molecule has 7 nitrogen and oxygen atoms in total. The summed E-state index contributed by atoms with van der Waals surface area (Å²) in [4.78, 5) is 27.9. The van der Waals surface area contributed by atoms with Crippen molar-refractivity contribution in [2.24, 2.45) is 5.73 Å². The summed E-state index contributed by atoms with van der Waals surface area (Å²) in [7, 11) is 0. The predicted octanol–water partition coefficient (Wildman–Crippen LogP) is 3.03. The average Bonchev–Trinajstić information content (AvgIpc) is 3.01. The van der Waals surface area contributed by atoms with Crippen molar-refractivity contribution in [3.05, 3.63) is 70.0 Å². The van der Waals surface area contributed by atoms with Crippen LogP contribution in [0.3, 0.4) is 0 Å². The minimum absolute atomic E-state index is 0.0516. The smallest absolute Gasteiger partial charge is 0.295 e. The number of hydrogen-bond acceptors (Lipinski definition) is 4. The maximum atomic E-state index is 14.0. The van der Waals surface area contributed by atoms with E-state index in [-0.39, 0.29) is 22.6 Å². The summed E-state index contributed by atoms with van der Waals surface area (Å²) in [5.41, 5.74) is 6.10. The number of aryl methyl sites for hydroxylation is 1. The second-order valence-corrected chi connectivity index (χ2v) is 6.26. The number of nitrogens with one attached hydrogen (secondary N) is 1. The first kappa shape index (κ1) is 18.5. The topological polar surface area (TPSA) is 103 Å². The van der Waals surface area contributed by atoms with E-state index in [9.17, 15) is 14.0 Å². The van der Waals surface area contributed by atoms with Gasteiger partial charge in [-0.25, -0.2) is 14.1 Å². The highest BCUT2D eigenvalue weighted by Gasteiger charge is 2.18. The monoisotopic (exact) mass is 387 g/mol. The van der Waals surface area contributed by atoms with E-state index < -0.39 is 17.6 Å². The van der Waals surface area contributed by atoms with Gasteiger partial charge in [-0.2, -0.15) is 0 Å². The van der Waals surface area contributed by atoms with Crippen LogP contribution in [0, 0.1) is 19.7 Å². The lowest BCUT2D eigenvalue weighted by Gasteiger charge is -2.09. The lowest BCUT2D eigenvalue weighted by Crippen LogP contribution is -2.17. The molecule has 138 valence electrons. The third-order valence-electron chi connectivity index (χ3n) is 3.92. The zero-order chi connectivity index (χ0) is 19.7. The fourth-order valence-electron chi connectivity index (χ4n) is 2.44. The van der Waals surface area contributed by atoms with Crippen molar-refractivity contribution in [1.29, 1.82) is 0 Å². The second kappa shape index (κ2) is 7.16. The molecule has 1 heterocycles. The molecule has 0 atom stereocenters. The van der Waals surface area contributed by atoms with Gasteiger partial charge in [0.25, 0.3) is 5.91 Å². The van der Waals surface area contributed by atoms with E-state index in [4.69, 9.17) is 17.3 Å². The van der Waals surface area contributed by atoms with E-state index in [1.807, 2.05) is 0 Å². The number of nitrogens with two attached hydrogens (primary N) is 1. The Morgan fingerprint density at radius 2 is 1.85 bits per heavy atom. The number of benzene rings is 2. The van der Waals surface area contributed by atoms with Crippen molar-refractivity contribution in [2.45, 2.75) is 13.8 Å². The molecule has 27 heavy (non-hydrogen) atoms. The lowest BCUT2D eigenvalue weighted by atomic mass is 10.1. The standard InChI is InChI=1S/C18H15ClFN5O2/c1-9-14(20)7-11(16(21)26)8-15(9)23-18(27)17-22-10(2)25(24-17)13-5-3-12(19)4-6-13/h3-8H,1-2H3,(H2,21,26)(H,23,27). The van der Waals surface area contributed by atoms with Gasteiger partial charge in [0.1, 0.15) is 11.6 Å². The molecule has 3 rings (SSSR count). The van der Waals surface area contributed by atoms with Crippen LogP contribution in [-0.2, 0) is 0 Å². The molecule has 0 fully saturated rings. The Morgan fingerprint density at radius 1 is 1.19 bits per heavy atom. The minimum atomic E-state index is -0.801. The molecule has 3 N–H and O–H groups in total. The van der Waals surface area contributed by atoms with Gasteiger partial charge < -0.3 is 11.1 Å². The molecule has 0 saturated heterocycles. The highest BCUT2D eigenvalue weighted by molar-refractivity contribution is 6.30. The van der Waals surface area contributed by atoms with Crippen molar-refractivity contribution in [3.63, 3.8) is 0 Å². The molecule has 1 aromatic heterocycles. The van der Waals surface area contributed by atoms with Crippen LogP contribution in [0.2, 0.25) is 5.02 Å². The van der Waals surface area contributed by atoms with Crippen molar-refractivity contribution in [3.8, 4) is 5.69 Å². The molecule has 3 aromatic rings. The van der Waals surface area contributed by atoms with E-state index in [2.05, 4.69) is 15.4 Å². The fourth-order valence-corrected chi connectivity index (χ4v) is 2.57. The summed E-state index contributed by atoms with van der Waals surface area (Å²) in [5.74, 6) is -1.72. The van der Waals surface area contributed by atoms with E-state index in [1.54, 1.807) is 31.2 Å². The van der Waals surface area contributed by atoms with Gasteiger partial charge in [0.05, 0.1) is 5.69 Å². The van der Waals surface area contributed by atoms with Gasteiger partial charge in [0.2, 0.25) is 11.7 Å². The zero-order valence-electron chi connectivity index (χ0n) is 14.5. The number of amides is 2. The molecule has 2 aromatic carbocycles. The normalized spacial score (nSPS) is 10.7. The number of aromatic nitrogens is 3. The van der Waals surface area contributed by atoms with Gasteiger partial charge >= 0.3 is 0 Å². The number of hydrogen-bond donors (Lipinski definition) is 2. The molecule has 9 heteroatoms. The maximum absolute atomic E-state index is 14.0. The van der Waals surface area contributed by atoms with Crippen LogP contribution in [-0.4, -0.2) is 26.6 Å². The van der Waals surface area contributed by atoms with Crippen LogP contribution < -0.4 is 11.1 Å². The first-order valence-electron chi connectivity index (χ1n) is 7.87. The molecule has 0 aliphatic heterocycles. The van der Waals surface area contributed by atoms with Crippen LogP contribution in [0.1, 0.15) is 32.4 Å². The fraction of sp³-hybridized carbons (Fsp3) is 0.111. The lowest BCUT2D eigenvalue weighted by molar-refractivity contribution is 0.0994. The number of anilines is 1. The van der Waals surface area contributed by atoms with Crippen molar-refractivity contribution in [2.75, 3.05) is 5.32 Å². The Bertz CT molecular complexity index is 1050. The van der Waals surface area contributed by atoms with Crippen molar-refractivity contribution < 1.29 is 14.0 Å². The summed E-state index contributed by atoms with van der Waals surface area (Å²) in [5, 5.41) is 7.27. The zero-order valence-corrected chi connectivity index (χ0v) is 15.2. The molecule has 0 aliphatic rings. The summed E-state index contributed by atoms with van der Waals surface area (Å²) in [6.07, 6.45) is 0. The number of halogens is 2. The van der Waals surface area contributed by atoms with Gasteiger partial charge in [-0.15, -0.1) is 5.10 Å². The largest absolute Gasteiger partial charge is 0.366 e. The number of primary amides is 1. The van der Waals surface area contributed by atoms with Gasteiger partial charge in [0.15, 0.2) is 0 Å². The number of carbonyl (C=O) groups is 2. The summed E-state index contributed by atoms with van der Waals surface area (Å²) >= 11 is 5.87. The van der Waals surface area contributed by atoms with Crippen LogP contribution in [0.15, 0.2) is 36.4 Å². The van der Waals surface area contributed by atoms with E-state index in [0.29, 0.717) is 16.5 Å². The molecule has 0 spiro atoms. The first-order chi connectivity index (χ1) is 12.8. The van der Waals surface area contributed by atoms with Crippen LogP contribution >= 0.6 is 11.6 Å². The maximum Gasteiger partial charge on any atom is 0.295 e. The van der Waals surface area contributed by atoms with Gasteiger partial charge in [-0.05, 0) is 50.2 Å². The van der Waals surface area contributed by atoms with Crippen LogP contribution in [0.4, 0.5) is 10.1 Å². The molecule has 0 saturated carbocycles. The highest BCUT2D eigenvalue weighted by atomic mass is 35.5. The second-order valence-electron chi connectivity index (χ2n) is 5.82. The highest BCUT2D eigenvalue weighted by Crippen LogP contribution is 2.21. The Balaban J connectivity index is 1.91. The number of carbonyl (C=O) groups excluding carboxylic acids is 2. The van der Waals surface area contributed by atoms with Gasteiger partial charge in [-0.1, -0.05) is 11.6 Å².